The lowest BCUT2D eigenvalue weighted by atomic mass is 10.1. The van der Waals surface area contributed by atoms with Crippen LogP contribution in [0, 0.1) is 0 Å². The zero-order chi connectivity index (χ0) is 14.7. The fraction of sp³-hybridized carbons (Fsp3) is 0.647. The van der Waals surface area contributed by atoms with Gasteiger partial charge in [-0.15, -0.1) is 0 Å². The Morgan fingerprint density at radius 3 is 2.62 bits per heavy atom. The van der Waals surface area contributed by atoms with E-state index in [4.69, 9.17) is 4.74 Å². The second kappa shape index (κ2) is 6.77. The maximum Gasteiger partial charge on any atom is 0.123 e. The van der Waals surface area contributed by atoms with Crippen LogP contribution in [-0.2, 0) is 13.1 Å². The molecule has 116 valence electrons. The molecule has 21 heavy (non-hydrogen) atoms. The highest BCUT2D eigenvalue weighted by Crippen LogP contribution is 2.24. The first-order valence-electron chi connectivity index (χ1n) is 8.04. The third-order valence-corrected chi connectivity index (χ3v) is 4.51. The number of rotatable bonds is 6. The number of benzene rings is 1. The number of methoxy groups -OCH3 is 1. The fourth-order valence-electron chi connectivity index (χ4n) is 2.86. The van der Waals surface area contributed by atoms with Crippen LogP contribution < -0.4 is 10.1 Å². The monoisotopic (exact) mass is 289 g/mol. The molecule has 0 unspecified atom stereocenters. The Labute approximate surface area is 128 Å². The van der Waals surface area contributed by atoms with Crippen LogP contribution in [0.3, 0.4) is 0 Å². The van der Waals surface area contributed by atoms with Gasteiger partial charge in [0.15, 0.2) is 0 Å². The van der Waals surface area contributed by atoms with E-state index in [2.05, 4.69) is 40.4 Å². The van der Waals surface area contributed by atoms with E-state index < -0.39 is 0 Å². The number of ether oxygens (including phenoxy) is 1. The number of piperazine rings is 1. The molecule has 1 aliphatic carbocycles. The average Bonchev–Trinajstić information content (AvgIpc) is 3.32. The molecule has 1 heterocycles. The molecule has 0 bridgehead atoms. The van der Waals surface area contributed by atoms with Gasteiger partial charge in [-0.25, -0.2) is 0 Å². The van der Waals surface area contributed by atoms with Gasteiger partial charge in [-0.3, -0.25) is 4.90 Å². The van der Waals surface area contributed by atoms with E-state index in [0.717, 1.165) is 51.1 Å². The highest BCUT2D eigenvalue weighted by molar-refractivity contribution is 5.37. The van der Waals surface area contributed by atoms with Crippen molar-refractivity contribution in [3.63, 3.8) is 0 Å². The number of nitrogens with one attached hydrogen (secondary N) is 1. The van der Waals surface area contributed by atoms with Gasteiger partial charge in [-0.2, -0.15) is 0 Å². The Balaban J connectivity index is 1.64. The van der Waals surface area contributed by atoms with Gasteiger partial charge >= 0.3 is 0 Å². The normalized spacial score (nSPS) is 20.7. The molecular formula is C17H27N3O. The van der Waals surface area contributed by atoms with E-state index in [9.17, 15) is 0 Å². The largest absolute Gasteiger partial charge is 0.496 e. The summed E-state index contributed by atoms with van der Waals surface area (Å²) in [6.45, 7) is 6.57. The molecule has 2 aliphatic rings. The van der Waals surface area contributed by atoms with Gasteiger partial charge in [-0.1, -0.05) is 6.07 Å². The molecule has 0 atom stereocenters. The van der Waals surface area contributed by atoms with Crippen LogP contribution in [0.2, 0.25) is 0 Å². The molecule has 1 aromatic rings. The van der Waals surface area contributed by atoms with Crippen LogP contribution in [0.5, 0.6) is 5.75 Å². The lowest BCUT2D eigenvalue weighted by molar-refractivity contribution is 0.147. The molecule has 3 rings (SSSR count). The van der Waals surface area contributed by atoms with E-state index in [1.807, 2.05) is 0 Å². The summed E-state index contributed by atoms with van der Waals surface area (Å²) in [4.78, 5) is 4.92. The summed E-state index contributed by atoms with van der Waals surface area (Å²) >= 11 is 0. The summed E-state index contributed by atoms with van der Waals surface area (Å²) < 4.78 is 5.54. The van der Waals surface area contributed by atoms with E-state index in [0.29, 0.717) is 0 Å². The lowest BCUT2D eigenvalue weighted by Gasteiger charge is -2.32. The van der Waals surface area contributed by atoms with Gasteiger partial charge in [0.25, 0.3) is 0 Å². The maximum absolute atomic E-state index is 5.54. The number of hydrogen-bond acceptors (Lipinski definition) is 4. The van der Waals surface area contributed by atoms with Crippen LogP contribution in [0.25, 0.3) is 0 Å². The Hall–Kier alpha value is -1.10. The van der Waals surface area contributed by atoms with Gasteiger partial charge < -0.3 is 15.0 Å². The molecule has 1 N–H and O–H groups in total. The molecular weight excluding hydrogens is 262 g/mol. The zero-order valence-corrected chi connectivity index (χ0v) is 13.3. The lowest BCUT2D eigenvalue weighted by Crippen LogP contribution is -2.43. The van der Waals surface area contributed by atoms with Crippen molar-refractivity contribution in [1.82, 2.24) is 15.1 Å². The van der Waals surface area contributed by atoms with Crippen molar-refractivity contribution in [2.75, 3.05) is 40.3 Å². The highest BCUT2D eigenvalue weighted by Gasteiger charge is 2.20. The summed E-state index contributed by atoms with van der Waals surface area (Å²) in [5.41, 5.74) is 2.68. The van der Waals surface area contributed by atoms with Crippen molar-refractivity contribution < 1.29 is 4.74 Å². The van der Waals surface area contributed by atoms with Crippen molar-refractivity contribution in [2.24, 2.45) is 0 Å². The Bertz CT molecular complexity index is 465. The van der Waals surface area contributed by atoms with Crippen molar-refractivity contribution >= 4 is 0 Å². The minimum atomic E-state index is 0.758. The molecule has 4 heteroatoms. The zero-order valence-electron chi connectivity index (χ0n) is 13.3. The molecule has 1 aromatic carbocycles. The van der Waals surface area contributed by atoms with E-state index in [1.54, 1.807) is 7.11 Å². The molecule has 0 spiro atoms. The molecule has 1 saturated heterocycles. The quantitative estimate of drug-likeness (QED) is 0.862. The third kappa shape index (κ3) is 4.19. The maximum atomic E-state index is 5.54. The van der Waals surface area contributed by atoms with E-state index >= 15 is 0 Å². The second-order valence-corrected chi connectivity index (χ2v) is 6.38. The predicted octanol–water partition coefficient (Wildman–Crippen LogP) is 1.69. The Morgan fingerprint density at radius 2 is 1.95 bits per heavy atom. The van der Waals surface area contributed by atoms with Gasteiger partial charge in [0, 0.05) is 50.9 Å². The van der Waals surface area contributed by atoms with Crippen molar-refractivity contribution in [3.05, 3.63) is 29.3 Å². The van der Waals surface area contributed by atoms with E-state index in [-0.39, 0.29) is 0 Å². The van der Waals surface area contributed by atoms with Crippen LogP contribution in [0.15, 0.2) is 18.2 Å². The van der Waals surface area contributed by atoms with Crippen molar-refractivity contribution in [2.45, 2.75) is 32.0 Å². The third-order valence-electron chi connectivity index (χ3n) is 4.51. The predicted molar refractivity (Wildman–Crippen MR) is 85.6 cm³/mol. The number of hydrogen-bond donors (Lipinski definition) is 1. The molecule has 1 saturated carbocycles. The Kier molecular flexibility index (Phi) is 4.78. The highest BCUT2D eigenvalue weighted by atomic mass is 16.5. The first-order chi connectivity index (χ1) is 10.2. The molecule has 0 aromatic heterocycles. The van der Waals surface area contributed by atoms with Crippen LogP contribution in [0.1, 0.15) is 24.0 Å². The summed E-state index contributed by atoms with van der Waals surface area (Å²) in [6.07, 6.45) is 2.68. The summed E-state index contributed by atoms with van der Waals surface area (Å²) in [7, 11) is 3.97. The topological polar surface area (TPSA) is 27.7 Å². The van der Waals surface area contributed by atoms with Crippen LogP contribution in [-0.4, -0.2) is 56.2 Å². The minimum absolute atomic E-state index is 0.758. The fourth-order valence-corrected chi connectivity index (χ4v) is 2.86. The van der Waals surface area contributed by atoms with Gasteiger partial charge in [-0.05, 0) is 37.6 Å². The van der Waals surface area contributed by atoms with E-state index in [1.165, 1.54) is 24.0 Å². The molecule has 0 radical (unpaired) electrons. The Morgan fingerprint density at radius 1 is 1.19 bits per heavy atom. The first kappa shape index (κ1) is 14.8. The molecule has 4 nitrogen and oxygen atoms in total. The average molecular weight is 289 g/mol. The summed E-state index contributed by atoms with van der Waals surface area (Å²) in [5.74, 6) is 1.02. The summed E-state index contributed by atoms with van der Waals surface area (Å²) in [6, 6.07) is 7.37. The molecule has 2 fully saturated rings. The number of likely N-dealkylation sites (N-methyl/N-ethyl adjacent to an activating group) is 1. The minimum Gasteiger partial charge on any atom is -0.496 e. The summed E-state index contributed by atoms with van der Waals surface area (Å²) in [5, 5.41) is 3.59. The second-order valence-electron chi connectivity index (χ2n) is 6.38. The molecule has 0 amide bonds. The van der Waals surface area contributed by atoms with Gasteiger partial charge in [0.1, 0.15) is 5.75 Å². The van der Waals surface area contributed by atoms with Gasteiger partial charge in [0.05, 0.1) is 7.11 Å². The van der Waals surface area contributed by atoms with Crippen LogP contribution >= 0.6 is 0 Å². The number of nitrogens with zero attached hydrogens (tertiary/aromatic N) is 2. The SMILES string of the molecule is COc1ccc(CNC2CC2)cc1CN1CCN(C)CC1. The smallest absolute Gasteiger partial charge is 0.123 e. The van der Waals surface area contributed by atoms with Crippen molar-refractivity contribution in [3.8, 4) is 5.75 Å². The van der Waals surface area contributed by atoms with Crippen LogP contribution in [0.4, 0.5) is 0 Å². The standard InChI is InChI=1S/C17H27N3O/c1-19-7-9-20(10-8-19)13-15-11-14(3-6-17(15)21-2)12-18-16-4-5-16/h3,6,11,16,18H,4-5,7-10,12-13H2,1-2H3. The van der Waals surface area contributed by atoms with Crippen molar-refractivity contribution in [1.29, 1.82) is 0 Å². The molecule has 1 aliphatic heterocycles. The first-order valence-corrected chi connectivity index (χ1v) is 8.04. The van der Waals surface area contributed by atoms with Gasteiger partial charge in [0.2, 0.25) is 0 Å².